The van der Waals surface area contributed by atoms with Crippen LogP contribution in [0.2, 0.25) is 0 Å². The number of rotatable bonds is 8. The third kappa shape index (κ3) is 6.36. The van der Waals surface area contributed by atoms with Gasteiger partial charge in [-0.3, -0.25) is 19.2 Å². The molecule has 5 rings (SSSR count). The number of nitrogens with zero attached hydrogens (tertiary/aromatic N) is 2. The Bertz CT molecular complexity index is 1330. The van der Waals surface area contributed by atoms with Crippen LogP contribution in [0.1, 0.15) is 64.5 Å². The highest BCUT2D eigenvalue weighted by atomic mass is 79.9. The van der Waals surface area contributed by atoms with Crippen molar-refractivity contribution in [1.82, 2.24) is 15.1 Å². The normalized spacial score (nSPS) is 32.0. The van der Waals surface area contributed by atoms with Crippen LogP contribution in [0.25, 0.3) is 0 Å². The van der Waals surface area contributed by atoms with Crippen molar-refractivity contribution in [2.75, 3.05) is 26.3 Å². The fraction of sp³-hybridized carbons (Fsp3) is 0.588. The number of cyclic esters (lactones) is 1. The number of allylic oxidation sites excluding steroid dienone is 1. The van der Waals surface area contributed by atoms with Crippen molar-refractivity contribution >= 4 is 39.6 Å². The number of carbonyl (C=O) groups is 4. The molecule has 11 heteroatoms. The van der Waals surface area contributed by atoms with E-state index in [0.29, 0.717) is 17.4 Å². The van der Waals surface area contributed by atoms with E-state index in [9.17, 15) is 24.3 Å². The van der Waals surface area contributed by atoms with Gasteiger partial charge in [0.25, 0.3) is 0 Å². The average molecular weight is 687 g/mol. The van der Waals surface area contributed by atoms with Crippen molar-refractivity contribution < 1.29 is 33.8 Å². The number of hydrogen-bond donors (Lipinski definition) is 2. The van der Waals surface area contributed by atoms with Crippen LogP contribution in [0.3, 0.4) is 0 Å². The molecule has 4 heterocycles. The number of amides is 3. The highest BCUT2D eigenvalue weighted by Crippen LogP contribution is 2.59. The fourth-order valence-electron chi connectivity index (χ4n) is 7.17. The first-order valence-corrected chi connectivity index (χ1v) is 16.9. The number of halogens is 1. The molecule has 2 N–H and O–H groups in total. The predicted molar refractivity (Wildman–Crippen MR) is 171 cm³/mol. The van der Waals surface area contributed by atoms with E-state index < -0.39 is 53.5 Å². The van der Waals surface area contributed by atoms with Gasteiger partial charge in [-0.25, -0.2) is 0 Å². The Hall–Kier alpha value is -3.02. The Morgan fingerprint density at radius 1 is 1.09 bits per heavy atom. The van der Waals surface area contributed by atoms with E-state index in [1.807, 2.05) is 56.3 Å². The number of carbonyl (C=O) groups excluding carboxylic acids is 4. The summed E-state index contributed by atoms with van der Waals surface area (Å²) in [6.07, 6.45) is 8.04. The summed E-state index contributed by atoms with van der Waals surface area (Å²) >= 11 is 3.61. The summed E-state index contributed by atoms with van der Waals surface area (Å²) in [6, 6.07) is 6.85. The molecule has 4 aliphatic rings. The van der Waals surface area contributed by atoms with Gasteiger partial charge in [0, 0.05) is 24.0 Å². The van der Waals surface area contributed by atoms with Crippen LogP contribution in [0.15, 0.2) is 53.0 Å². The summed E-state index contributed by atoms with van der Waals surface area (Å²) in [5.41, 5.74) is -0.641. The molecule has 45 heavy (non-hydrogen) atoms. The van der Waals surface area contributed by atoms with Crippen LogP contribution in [0.4, 0.5) is 0 Å². The van der Waals surface area contributed by atoms with Crippen LogP contribution < -0.4 is 5.32 Å². The first kappa shape index (κ1) is 33.3. The second-order valence-corrected chi connectivity index (χ2v) is 13.6. The number of fused-ring (bicyclic) bond motifs is 2. The number of ether oxygens (including phenoxy) is 2. The number of aliphatic hydroxyl groups is 1. The lowest BCUT2D eigenvalue weighted by Crippen LogP contribution is -2.59. The van der Waals surface area contributed by atoms with E-state index in [1.54, 1.807) is 11.0 Å². The Balaban J connectivity index is 1.60. The maximum Gasteiger partial charge on any atom is 0.306 e. The number of nitrogens with one attached hydrogen (secondary N) is 1. The number of aliphatic hydroxyl groups excluding tert-OH is 1. The van der Waals surface area contributed by atoms with Crippen LogP contribution >= 0.6 is 15.9 Å². The minimum absolute atomic E-state index is 0.0737. The van der Waals surface area contributed by atoms with Gasteiger partial charge in [0.15, 0.2) is 0 Å². The smallest absolute Gasteiger partial charge is 0.306 e. The molecule has 244 valence electrons. The largest absolute Gasteiger partial charge is 0.463 e. The maximum atomic E-state index is 14.7. The number of hydrogen-bond acceptors (Lipinski definition) is 7. The molecule has 1 aromatic carbocycles. The second-order valence-electron chi connectivity index (χ2n) is 12.7. The van der Waals surface area contributed by atoms with Crippen molar-refractivity contribution in [2.24, 2.45) is 17.8 Å². The number of likely N-dealkylation sites (tertiary alicyclic amines) is 1. The van der Waals surface area contributed by atoms with Crippen molar-refractivity contribution in [3.63, 3.8) is 0 Å². The molecule has 4 aliphatic heterocycles. The molecular formula is C34H44BrN3O7. The molecule has 7 atom stereocenters. The molecule has 0 saturated carbocycles. The fourth-order valence-corrected chi connectivity index (χ4v) is 7.91. The van der Waals surface area contributed by atoms with Crippen molar-refractivity contribution in [3.05, 3.63) is 58.6 Å². The molecule has 5 bridgehead atoms. The van der Waals surface area contributed by atoms with E-state index in [2.05, 4.69) is 28.2 Å². The van der Waals surface area contributed by atoms with Gasteiger partial charge in [0.05, 0.1) is 30.5 Å². The minimum Gasteiger partial charge on any atom is -0.463 e. The van der Waals surface area contributed by atoms with Gasteiger partial charge in [-0.05, 0) is 30.4 Å². The lowest BCUT2D eigenvalue weighted by atomic mass is 9.74. The highest BCUT2D eigenvalue weighted by Gasteiger charge is 2.75. The maximum absolute atomic E-state index is 14.7. The van der Waals surface area contributed by atoms with Crippen molar-refractivity contribution in [2.45, 2.75) is 82.7 Å². The second kappa shape index (κ2) is 14.2. The minimum atomic E-state index is -1.39. The summed E-state index contributed by atoms with van der Waals surface area (Å²) in [5.74, 6) is -3.58. The molecule has 0 radical (unpaired) electrons. The van der Waals surface area contributed by atoms with Crippen LogP contribution in [0, 0.1) is 17.8 Å². The van der Waals surface area contributed by atoms with Gasteiger partial charge < -0.3 is 29.7 Å². The summed E-state index contributed by atoms with van der Waals surface area (Å²) in [5, 5.41) is 13.6. The summed E-state index contributed by atoms with van der Waals surface area (Å²) in [6.45, 7) is 6.25. The topological polar surface area (TPSA) is 125 Å². The zero-order valence-corrected chi connectivity index (χ0v) is 27.8. The third-order valence-corrected chi connectivity index (χ3v) is 10.2. The van der Waals surface area contributed by atoms with Gasteiger partial charge in [-0.1, -0.05) is 92.0 Å². The molecule has 0 aliphatic carbocycles. The zero-order valence-electron chi connectivity index (χ0n) is 26.2. The Morgan fingerprint density at radius 3 is 2.53 bits per heavy atom. The standard InChI is InChI=1S/C34H44BrN3O7/c1-4-5-11-16-37-17-12-7-10-15-26(40)44-20-24(22-13-8-6-9-14-22)36-31(41)27-28-32(42)38(25(19-39)21(2)3)30(33(37)43)34(28)18-23(35)29(27)45-34/h6-9,12-14,18,21,24-25,27-30,39H,4-5,10-11,15-17,19-20H2,1-3H3,(H,36,41)/b12-7-/t24-,25-,27-,28+,29-,30-,34+/m0/s1. The third-order valence-electron chi connectivity index (χ3n) is 9.49. The van der Waals surface area contributed by atoms with Crippen molar-refractivity contribution in [3.8, 4) is 0 Å². The van der Waals surface area contributed by atoms with E-state index in [1.165, 1.54) is 4.90 Å². The molecule has 2 saturated heterocycles. The van der Waals surface area contributed by atoms with Crippen LogP contribution in [-0.2, 0) is 28.7 Å². The first-order valence-electron chi connectivity index (χ1n) is 16.1. The van der Waals surface area contributed by atoms with Gasteiger partial charge >= 0.3 is 5.97 Å². The van der Waals surface area contributed by atoms with Crippen LogP contribution in [0.5, 0.6) is 0 Å². The summed E-state index contributed by atoms with van der Waals surface area (Å²) in [4.78, 5) is 59.4. The number of esters is 1. The molecule has 10 nitrogen and oxygen atoms in total. The van der Waals surface area contributed by atoms with E-state index in [4.69, 9.17) is 9.47 Å². The Kier molecular flexibility index (Phi) is 10.5. The molecule has 0 aromatic heterocycles. The first-order chi connectivity index (χ1) is 21.6. The van der Waals surface area contributed by atoms with Gasteiger partial charge in [-0.15, -0.1) is 0 Å². The molecule has 0 unspecified atom stereocenters. The van der Waals surface area contributed by atoms with Crippen molar-refractivity contribution in [1.29, 1.82) is 0 Å². The Morgan fingerprint density at radius 2 is 1.84 bits per heavy atom. The van der Waals surface area contributed by atoms with Crippen LogP contribution in [-0.4, -0.2) is 88.7 Å². The quantitative estimate of drug-likeness (QED) is 0.243. The van der Waals surface area contributed by atoms with Gasteiger partial charge in [0.1, 0.15) is 24.4 Å². The number of unbranched alkanes of at least 4 members (excludes halogenated alkanes) is 2. The zero-order chi connectivity index (χ0) is 32.3. The lowest BCUT2D eigenvalue weighted by molar-refractivity contribution is -0.151. The number of benzene rings is 1. The van der Waals surface area contributed by atoms with E-state index in [0.717, 1.165) is 24.8 Å². The van der Waals surface area contributed by atoms with Gasteiger partial charge in [0.2, 0.25) is 17.7 Å². The molecular weight excluding hydrogens is 642 g/mol. The van der Waals surface area contributed by atoms with Gasteiger partial charge in [-0.2, -0.15) is 0 Å². The molecule has 1 aromatic rings. The summed E-state index contributed by atoms with van der Waals surface area (Å²) < 4.78 is 12.8. The molecule has 1 spiro atoms. The molecule has 3 amide bonds. The molecule has 2 fully saturated rings. The highest BCUT2D eigenvalue weighted by molar-refractivity contribution is 9.11. The SMILES string of the molecule is CCCCCN1C/C=C\CCC(=O)OC[C@@H](c2ccccc2)NC(=O)[C@@H]2[C@H]3O[C@@]4(C=C3Br)[C@H](C1=O)N([C@@H](CO)C(C)C)C(=O)[C@@H]24. The summed E-state index contributed by atoms with van der Waals surface area (Å²) in [7, 11) is 0. The Labute approximate surface area is 273 Å². The monoisotopic (exact) mass is 685 g/mol. The van der Waals surface area contributed by atoms with E-state index >= 15 is 0 Å². The lowest BCUT2D eigenvalue weighted by Gasteiger charge is -2.40. The average Bonchev–Trinajstić information content (AvgIpc) is 3.61. The van der Waals surface area contributed by atoms with E-state index in [-0.39, 0.29) is 43.9 Å². The predicted octanol–water partition coefficient (Wildman–Crippen LogP) is 3.65.